The Hall–Kier alpha value is -1.96. The van der Waals surface area contributed by atoms with Crippen LogP contribution in [0.2, 0.25) is 0 Å². The van der Waals surface area contributed by atoms with E-state index in [-0.39, 0.29) is 5.56 Å². The smallest absolute Gasteiger partial charge is 0.258 e. The maximum atomic E-state index is 13.1. The van der Waals surface area contributed by atoms with Crippen molar-refractivity contribution in [2.75, 3.05) is 0 Å². The summed E-state index contributed by atoms with van der Waals surface area (Å²) in [6.07, 6.45) is 0. The maximum Gasteiger partial charge on any atom is 0.306 e. The third kappa shape index (κ3) is 1.47. The zero-order valence-corrected chi connectivity index (χ0v) is 6.74. The van der Waals surface area contributed by atoms with Gasteiger partial charge in [-0.1, -0.05) is 6.07 Å². The Bertz CT molecular complexity index is 409. The molecule has 0 aromatic heterocycles. The minimum Gasteiger partial charge on any atom is -0.258 e. The van der Waals surface area contributed by atoms with Crippen molar-refractivity contribution in [1.29, 1.82) is 5.26 Å². The highest BCUT2D eigenvalue weighted by molar-refractivity contribution is 5.47. The number of nitro benzene ring substituents is 1. The normalized spacial score (nSPS) is 9.31. The molecule has 66 valence electrons. The van der Waals surface area contributed by atoms with Gasteiger partial charge in [-0.15, -0.1) is 0 Å². The predicted molar refractivity (Wildman–Crippen MR) is 42.5 cm³/mol. The molecule has 0 aliphatic heterocycles. The van der Waals surface area contributed by atoms with Crippen molar-refractivity contribution in [3.63, 3.8) is 0 Å². The summed E-state index contributed by atoms with van der Waals surface area (Å²) in [6.45, 7) is 1.52. The van der Waals surface area contributed by atoms with Crippen LogP contribution in [0.3, 0.4) is 0 Å². The molecular formula is C8H5FN2O2. The van der Waals surface area contributed by atoms with Crippen LogP contribution in [0, 0.1) is 34.2 Å². The van der Waals surface area contributed by atoms with Crippen LogP contribution < -0.4 is 0 Å². The molecule has 0 heterocycles. The van der Waals surface area contributed by atoms with E-state index in [0.29, 0.717) is 5.56 Å². The fraction of sp³-hybridized carbons (Fsp3) is 0.125. The van der Waals surface area contributed by atoms with Gasteiger partial charge in [0.1, 0.15) is 6.07 Å². The summed E-state index contributed by atoms with van der Waals surface area (Å²) in [5, 5.41) is 18.8. The van der Waals surface area contributed by atoms with Crippen molar-refractivity contribution in [3.05, 3.63) is 39.2 Å². The zero-order chi connectivity index (χ0) is 10.0. The van der Waals surface area contributed by atoms with Crippen molar-refractivity contribution < 1.29 is 9.31 Å². The molecule has 0 aliphatic carbocycles. The van der Waals surface area contributed by atoms with E-state index in [4.69, 9.17) is 5.26 Å². The van der Waals surface area contributed by atoms with Gasteiger partial charge in [0.2, 0.25) is 5.82 Å². The van der Waals surface area contributed by atoms with Gasteiger partial charge in [-0.25, -0.2) is 0 Å². The van der Waals surface area contributed by atoms with Crippen LogP contribution in [-0.4, -0.2) is 4.92 Å². The second kappa shape index (κ2) is 3.19. The Labute approximate surface area is 73.4 Å². The standard InChI is InChI=1S/C8H5FN2O2/c1-5-2-3-7(11(12)13)8(9)6(5)4-10/h2-3H,1H3. The summed E-state index contributed by atoms with van der Waals surface area (Å²) < 4.78 is 13.1. The first-order chi connectivity index (χ1) is 6.07. The number of halogens is 1. The monoisotopic (exact) mass is 180 g/mol. The molecule has 0 saturated heterocycles. The third-order valence-electron chi connectivity index (χ3n) is 1.64. The molecule has 0 spiro atoms. The van der Waals surface area contributed by atoms with E-state index >= 15 is 0 Å². The lowest BCUT2D eigenvalue weighted by Gasteiger charge is -1.98. The van der Waals surface area contributed by atoms with E-state index in [1.807, 2.05) is 0 Å². The van der Waals surface area contributed by atoms with E-state index in [0.717, 1.165) is 6.07 Å². The van der Waals surface area contributed by atoms with Crippen LogP contribution in [0.5, 0.6) is 0 Å². The minimum atomic E-state index is -1.06. The fourth-order valence-electron chi connectivity index (χ4n) is 0.940. The summed E-state index contributed by atoms with van der Waals surface area (Å²) in [5.74, 6) is -1.06. The van der Waals surface area contributed by atoms with Gasteiger partial charge >= 0.3 is 5.69 Å². The largest absolute Gasteiger partial charge is 0.306 e. The van der Waals surface area contributed by atoms with E-state index in [1.165, 1.54) is 13.0 Å². The Kier molecular flexibility index (Phi) is 2.24. The SMILES string of the molecule is Cc1ccc([N+](=O)[O-])c(F)c1C#N. The molecule has 0 unspecified atom stereocenters. The Morgan fingerprint density at radius 2 is 2.23 bits per heavy atom. The zero-order valence-electron chi connectivity index (χ0n) is 6.74. The van der Waals surface area contributed by atoms with E-state index < -0.39 is 16.4 Å². The van der Waals surface area contributed by atoms with Crippen LogP contribution in [0.15, 0.2) is 12.1 Å². The number of aryl methyl sites for hydroxylation is 1. The van der Waals surface area contributed by atoms with Gasteiger partial charge in [0, 0.05) is 6.07 Å². The molecule has 0 amide bonds. The van der Waals surface area contributed by atoms with Gasteiger partial charge < -0.3 is 0 Å². The van der Waals surface area contributed by atoms with E-state index in [1.54, 1.807) is 6.07 Å². The number of nitriles is 1. The lowest BCUT2D eigenvalue weighted by molar-refractivity contribution is -0.387. The predicted octanol–water partition coefficient (Wildman–Crippen LogP) is 1.91. The van der Waals surface area contributed by atoms with Crippen LogP contribution in [0.1, 0.15) is 11.1 Å². The summed E-state index contributed by atoms with van der Waals surface area (Å²) in [7, 11) is 0. The topological polar surface area (TPSA) is 66.9 Å². The highest BCUT2D eigenvalue weighted by atomic mass is 19.1. The van der Waals surface area contributed by atoms with Crippen molar-refractivity contribution in [3.8, 4) is 6.07 Å². The molecule has 0 bridgehead atoms. The Morgan fingerprint density at radius 1 is 1.62 bits per heavy atom. The molecule has 0 fully saturated rings. The second-order valence-corrected chi connectivity index (χ2v) is 2.46. The number of nitro groups is 1. The molecule has 1 aromatic rings. The molecule has 0 radical (unpaired) electrons. The molecule has 0 N–H and O–H groups in total. The van der Waals surface area contributed by atoms with E-state index in [2.05, 4.69) is 0 Å². The Morgan fingerprint density at radius 3 is 2.69 bits per heavy atom. The Balaban J connectivity index is 3.47. The van der Waals surface area contributed by atoms with Gasteiger partial charge in [-0.05, 0) is 12.5 Å². The van der Waals surface area contributed by atoms with Crippen molar-refractivity contribution in [1.82, 2.24) is 0 Å². The van der Waals surface area contributed by atoms with E-state index in [9.17, 15) is 14.5 Å². The van der Waals surface area contributed by atoms with Crippen LogP contribution in [0.4, 0.5) is 10.1 Å². The average Bonchev–Trinajstić information content (AvgIpc) is 2.04. The summed E-state index contributed by atoms with van der Waals surface area (Å²) in [4.78, 5) is 9.41. The number of nitrogens with zero attached hydrogens (tertiary/aromatic N) is 2. The quantitative estimate of drug-likeness (QED) is 0.489. The van der Waals surface area contributed by atoms with Crippen LogP contribution in [-0.2, 0) is 0 Å². The minimum absolute atomic E-state index is 0.269. The van der Waals surface area contributed by atoms with Gasteiger partial charge in [-0.3, -0.25) is 10.1 Å². The third-order valence-corrected chi connectivity index (χ3v) is 1.64. The van der Waals surface area contributed by atoms with Gasteiger partial charge in [-0.2, -0.15) is 9.65 Å². The second-order valence-electron chi connectivity index (χ2n) is 2.46. The van der Waals surface area contributed by atoms with Crippen molar-refractivity contribution in [2.24, 2.45) is 0 Å². The number of rotatable bonds is 1. The van der Waals surface area contributed by atoms with Crippen molar-refractivity contribution >= 4 is 5.69 Å². The maximum absolute atomic E-state index is 13.1. The van der Waals surface area contributed by atoms with Crippen molar-refractivity contribution in [2.45, 2.75) is 6.92 Å². The van der Waals surface area contributed by atoms with Gasteiger partial charge in [0.15, 0.2) is 0 Å². The molecule has 0 saturated carbocycles. The fourth-order valence-corrected chi connectivity index (χ4v) is 0.940. The van der Waals surface area contributed by atoms with Gasteiger partial charge in [0.25, 0.3) is 0 Å². The highest BCUT2D eigenvalue weighted by Gasteiger charge is 2.18. The number of hydrogen-bond acceptors (Lipinski definition) is 3. The molecule has 5 heteroatoms. The van der Waals surface area contributed by atoms with Crippen LogP contribution in [0.25, 0.3) is 0 Å². The first-order valence-electron chi connectivity index (χ1n) is 3.41. The average molecular weight is 180 g/mol. The summed E-state index contributed by atoms with van der Waals surface area (Å²) in [6, 6.07) is 3.97. The summed E-state index contributed by atoms with van der Waals surface area (Å²) in [5.41, 5.74) is -0.540. The molecule has 4 nitrogen and oxygen atoms in total. The lowest BCUT2D eigenvalue weighted by atomic mass is 10.1. The first kappa shape index (κ1) is 9.13. The number of hydrogen-bond donors (Lipinski definition) is 0. The lowest BCUT2D eigenvalue weighted by Crippen LogP contribution is -1.96. The molecule has 0 aliphatic rings. The summed E-state index contributed by atoms with van der Waals surface area (Å²) >= 11 is 0. The molecule has 1 rings (SSSR count). The highest BCUT2D eigenvalue weighted by Crippen LogP contribution is 2.22. The number of benzene rings is 1. The molecule has 0 atom stereocenters. The molecule has 1 aromatic carbocycles. The molecule has 13 heavy (non-hydrogen) atoms. The van der Waals surface area contributed by atoms with Gasteiger partial charge in [0.05, 0.1) is 10.5 Å². The van der Waals surface area contributed by atoms with Crippen LogP contribution >= 0.6 is 0 Å². The molecular weight excluding hydrogens is 175 g/mol. The first-order valence-corrected chi connectivity index (χ1v) is 3.41.